The first-order valence-corrected chi connectivity index (χ1v) is 10.7. The van der Waals surface area contributed by atoms with Crippen molar-refractivity contribution in [2.75, 3.05) is 6.54 Å². The standard InChI is InChI=1S/C26H27NO5/c1-4-5-14-27-25(29)22-15-20-11-12-21(16-23(20)32-26(22)30)31-24(28)13-8-18-6-9-19(10-7-18)17(2)3/h6-13,15-17H,4-5,14H2,1-3H3,(H,27,29)/b13-8+. The number of nitrogens with one attached hydrogen (secondary N) is 1. The molecule has 32 heavy (non-hydrogen) atoms. The molecule has 0 unspecified atom stereocenters. The second kappa shape index (κ2) is 10.6. The fourth-order valence-corrected chi connectivity index (χ4v) is 3.09. The summed E-state index contributed by atoms with van der Waals surface area (Å²) in [4.78, 5) is 36.6. The summed E-state index contributed by atoms with van der Waals surface area (Å²) < 4.78 is 10.6. The Bertz CT molecular complexity index is 1190. The quantitative estimate of drug-likeness (QED) is 0.176. The third-order valence-corrected chi connectivity index (χ3v) is 5.00. The summed E-state index contributed by atoms with van der Waals surface area (Å²) in [6.45, 7) is 6.76. The Hall–Kier alpha value is -3.67. The molecule has 1 heterocycles. The number of esters is 1. The zero-order chi connectivity index (χ0) is 23.1. The van der Waals surface area contributed by atoms with Gasteiger partial charge in [-0.3, -0.25) is 4.79 Å². The highest BCUT2D eigenvalue weighted by atomic mass is 16.5. The van der Waals surface area contributed by atoms with Crippen LogP contribution >= 0.6 is 0 Å². The molecule has 0 bridgehead atoms. The Labute approximate surface area is 186 Å². The molecule has 0 atom stereocenters. The number of amides is 1. The van der Waals surface area contributed by atoms with Gasteiger partial charge >= 0.3 is 11.6 Å². The van der Waals surface area contributed by atoms with Crippen molar-refractivity contribution < 1.29 is 18.7 Å². The normalized spacial score (nSPS) is 11.2. The van der Waals surface area contributed by atoms with E-state index in [1.165, 1.54) is 23.8 Å². The van der Waals surface area contributed by atoms with Crippen LogP contribution in [0.5, 0.6) is 5.75 Å². The Kier molecular flexibility index (Phi) is 7.60. The molecule has 0 aliphatic rings. The van der Waals surface area contributed by atoms with Gasteiger partial charge in [-0.1, -0.05) is 51.5 Å². The number of hydrogen-bond acceptors (Lipinski definition) is 5. The molecule has 0 aliphatic carbocycles. The lowest BCUT2D eigenvalue weighted by atomic mass is 10.0. The summed E-state index contributed by atoms with van der Waals surface area (Å²) in [6, 6.07) is 14.1. The van der Waals surface area contributed by atoms with Gasteiger partial charge in [-0.05, 0) is 47.7 Å². The van der Waals surface area contributed by atoms with Gasteiger partial charge in [0, 0.05) is 24.1 Å². The van der Waals surface area contributed by atoms with Crippen molar-refractivity contribution in [3.8, 4) is 5.75 Å². The van der Waals surface area contributed by atoms with Gasteiger partial charge in [-0.15, -0.1) is 0 Å². The second-order valence-electron chi connectivity index (χ2n) is 7.83. The highest BCUT2D eigenvalue weighted by molar-refractivity contribution is 5.97. The smallest absolute Gasteiger partial charge is 0.349 e. The maximum Gasteiger partial charge on any atom is 0.349 e. The Balaban J connectivity index is 1.69. The van der Waals surface area contributed by atoms with Crippen molar-refractivity contribution >= 4 is 28.9 Å². The lowest BCUT2D eigenvalue weighted by Crippen LogP contribution is -2.28. The van der Waals surface area contributed by atoms with Crippen LogP contribution in [0.1, 0.15) is 61.0 Å². The number of hydrogen-bond donors (Lipinski definition) is 1. The van der Waals surface area contributed by atoms with E-state index >= 15 is 0 Å². The van der Waals surface area contributed by atoms with E-state index in [9.17, 15) is 14.4 Å². The minimum Gasteiger partial charge on any atom is -0.423 e. The fraction of sp³-hybridized carbons (Fsp3) is 0.269. The number of rotatable bonds is 8. The molecule has 1 amide bonds. The minimum absolute atomic E-state index is 0.0511. The average Bonchev–Trinajstić information content (AvgIpc) is 2.77. The van der Waals surface area contributed by atoms with Gasteiger partial charge in [0.25, 0.3) is 5.91 Å². The van der Waals surface area contributed by atoms with Crippen LogP contribution < -0.4 is 15.7 Å². The molecular formula is C26H27NO5. The molecule has 6 heteroatoms. The van der Waals surface area contributed by atoms with E-state index < -0.39 is 17.5 Å². The zero-order valence-corrected chi connectivity index (χ0v) is 18.5. The van der Waals surface area contributed by atoms with E-state index in [2.05, 4.69) is 19.2 Å². The maximum atomic E-state index is 12.2. The number of unbranched alkanes of at least 4 members (excludes halogenated alkanes) is 1. The highest BCUT2D eigenvalue weighted by Gasteiger charge is 2.14. The molecule has 0 spiro atoms. The van der Waals surface area contributed by atoms with E-state index in [0.717, 1.165) is 18.4 Å². The summed E-state index contributed by atoms with van der Waals surface area (Å²) in [7, 11) is 0. The zero-order valence-electron chi connectivity index (χ0n) is 18.5. The summed E-state index contributed by atoms with van der Waals surface area (Å²) >= 11 is 0. The number of fused-ring (bicyclic) bond motifs is 1. The molecular weight excluding hydrogens is 406 g/mol. The molecule has 1 N–H and O–H groups in total. The van der Waals surface area contributed by atoms with E-state index in [-0.39, 0.29) is 16.9 Å². The summed E-state index contributed by atoms with van der Waals surface area (Å²) in [5.41, 5.74) is 1.56. The topological polar surface area (TPSA) is 85.6 Å². The molecule has 2 aromatic carbocycles. The van der Waals surface area contributed by atoms with Crippen LogP contribution in [0.15, 0.2) is 63.8 Å². The van der Waals surface area contributed by atoms with E-state index in [1.54, 1.807) is 18.2 Å². The molecule has 166 valence electrons. The van der Waals surface area contributed by atoms with Gasteiger partial charge in [0.15, 0.2) is 0 Å². The maximum absolute atomic E-state index is 12.2. The summed E-state index contributed by atoms with van der Waals surface area (Å²) in [6.07, 6.45) is 4.79. The van der Waals surface area contributed by atoms with E-state index in [0.29, 0.717) is 17.8 Å². The Morgan fingerprint density at radius 1 is 1.09 bits per heavy atom. The minimum atomic E-state index is -0.736. The van der Waals surface area contributed by atoms with Gasteiger partial charge in [0.1, 0.15) is 16.9 Å². The van der Waals surface area contributed by atoms with Crippen molar-refractivity contribution in [1.82, 2.24) is 5.32 Å². The number of carbonyl (C=O) groups is 2. The van der Waals surface area contributed by atoms with Crippen molar-refractivity contribution in [1.29, 1.82) is 0 Å². The van der Waals surface area contributed by atoms with Crippen molar-refractivity contribution in [3.63, 3.8) is 0 Å². The van der Waals surface area contributed by atoms with Gasteiger partial charge in [0.2, 0.25) is 0 Å². The first-order chi connectivity index (χ1) is 15.4. The lowest BCUT2D eigenvalue weighted by Gasteiger charge is -2.06. The van der Waals surface area contributed by atoms with Crippen LogP contribution in [0.3, 0.4) is 0 Å². The summed E-state index contributed by atoms with van der Waals surface area (Å²) in [5.74, 6) is -0.328. The monoisotopic (exact) mass is 433 g/mol. The number of ether oxygens (including phenoxy) is 1. The predicted molar refractivity (Wildman–Crippen MR) is 125 cm³/mol. The molecule has 1 aromatic heterocycles. The summed E-state index contributed by atoms with van der Waals surface area (Å²) in [5, 5.41) is 3.26. The van der Waals surface area contributed by atoms with Crippen molar-refractivity contribution in [2.45, 2.75) is 39.5 Å². The molecule has 0 saturated heterocycles. The second-order valence-corrected chi connectivity index (χ2v) is 7.83. The Morgan fingerprint density at radius 2 is 1.84 bits per heavy atom. The average molecular weight is 434 g/mol. The van der Waals surface area contributed by atoms with Gasteiger partial charge in [-0.2, -0.15) is 0 Å². The molecule has 0 saturated carbocycles. The van der Waals surface area contributed by atoms with Crippen LogP contribution in [0.25, 0.3) is 17.0 Å². The SMILES string of the molecule is CCCCNC(=O)c1cc2ccc(OC(=O)/C=C/c3ccc(C(C)C)cc3)cc2oc1=O. The van der Waals surface area contributed by atoms with Crippen molar-refractivity contribution in [3.05, 3.63) is 81.7 Å². The van der Waals surface area contributed by atoms with Gasteiger partial charge in [-0.25, -0.2) is 9.59 Å². The molecule has 6 nitrogen and oxygen atoms in total. The van der Waals surface area contributed by atoms with Crippen LogP contribution in [0.4, 0.5) is 0 Å². The molecule has 0 radical (unpaired) electrons. The first-order valence-electron chi connectivity index (χ1n) is 10.7. The van der Waals surface area contributed by atoms with Crippen LogP contribution in [0, 0.1) is 0 Å². The van der Waals surface area contributed by atoms with Crippen LogP contribution in [0.2, 0.25) is 0 Å². The largest absolute Gasteiger partial charge is 0.423 e. The first kappa shape index (κ1) is 23.0. The third kappa shape index (κ3) is 5.94. The van der Waals surface area contributed by atoms with Gasteiger partial charge < -0.3 is 14.5 Å². The van der Waals surface area contributed by atoms with E-state index in [1.807, 2.05) is 31.2 Å². The highest BCUT2D eigenvalue weighted by Crippen LogP contribution is 2.21. The molecule has 3 rings (SSSR count). The van der Waals surface area contributed by atoms with Crippen LogP contribution in [-0.2, 0) is 4.79 Å². The number of benzene rings is 2. The molecule has 0 aliphatic heterocycles. The Morgan fingerprint density at radius 3 is 2.53 bits per heavy atom. The molecule has 3 aromatic rings. The van der Waals surface area contributed by atoms with Crippen LogP contribution in [-0.4, -0.2) is 18.4 Å². The fourth-order valence-electron chi connectivity index (χ4n) is 3.09. The van der Waals surface area contributed by atoms with E-state index in [4.69, 9.17) is 9.15 Å². The lowest BCUT2D eigenvalue weighted by molar-refractivity contribution is -0.128. The molecule has 0 fully saturated rings. The third-order valence-electron chi connectivity index (χ3n) is 5.00. The van der Waals surface area contributed by atoms with Gasteiger partial charge in [0.05, 0.1) is 0 Å². The predicted octanol–water partition coefficient (Wildman–Crippen LogP) is 5.07. The number of carbonyl (C=O) groups excluding carboxylic acids is 2. The van der Waals surface area contributed by atoms with Crippen molar-refractivity contribution in [2.24, 2.45) is 0 Å².